The third-order valence-corrected chi connectivity index (χ3v) is 12.0. The minimum absolute atomic E-state index is 0.569. The van der Waals surface area contributed by atoms with Crippen molar-refractivity contribution in [3.8, 4) is 67.8 Å². The largest absolute Gasteiger partial charge is 0.309 e. The first-order valence-electron chi connectivity index (χ1n) is 20.9. The zero-order chi connectivity index (χ0) is 41.0. The van der Waals surface area contributed by atoms with Crippen molar-refractivity contribution in [2.45, 2.75) is 0 Å². The van der Waals surface area contributed by atoms with Gasteiger partial charge in [-0.1, -0.05) is 182 Å². The maximum Gasteiger partial charge on any atom is 0.238 e. The van der Waals surface area contributed by atoms with Gasteiger partial charge in [-0.3, -0.25) is 4.57 Å². The first-order valence-corrected chi connectivity index (χ1v) is 20.9. The molecule has 0 fully saturated rings. The molecule has 3 heterocycles. The Morgan fingerprint density at radius 3 is 1.29 bits per heavy atom. The van der Waals surface area contributed by atoms with Gasteiger partial charge >= 0.3 is 0 Å². The first kappa shape index (κ1) is 35.5. The standard InChI is InChI=1S/C57H37N5/c1-5-16-38(17-6-1)40-28-30-41(31-29-40)44-24-15-25-46(34-44)61-51-27-14-13-26-47(51)49-36-54-50(37-53(49)61)48-35-45(39-18-7-2-8-19-39)32-33-52(48)62(54)57-59-55(42-20-9-3-10-21-42)58-56(60-57)43-22-11-4-12-23-43/h1-37H. The molecule has 62 heavy (non-hydrogen) atoms. The molecule has 0 radical (unpaired) electrons. The summed E-state index contributed by atoms with van der Waals surface area (Å²) in [7, 11) is 0. The summed E-state index contributed by atoms with van der Waals surface area (Å²) in [6, 6.07) is 79.4. The molecule has 5 heteroatoms. The molecule has 0 spiro atoms. The number of fused-ring (bicyclic) bond motifs is 6. The summed E-state index contributed by atoms with van der Waals surface area (Å²) in [5.74, 6) is 1.81. The summed E-state index contributed by atoms with van der Waals surface area (Å²) in [6.45, 7) is 0. The van der Waals surface area contributed by atoms with Gasteiger partial charge in [-0.2, -0.15) is 9.97 Å². The number of rotatable bonds is 7. The van der Waals surface area contributed by atoms with Crippen molar-refractivity contribution >= 4 is 43.6 Å². The zero-order valence-corrected chi connectivity index (χ0v) is 33.6. The zero-order valence-electron chi connectivity index (χ0n) is 33.6. The Kier molecular flexibility index (Phi) is 8.42. The van der Waals surface area contributed by atoms with Crippen molar-refractivity contribution in [1.29, 1.82) is 0 Å². The maximum absolute atomic E-state index is 5.24. The molecule has 0 aliphatic rings. The lowest BCUT2D eigenvalue weighted by molar-refractivity contribution is 0.954. The van der Waals surface area contributed by atoms with Gasteiger partial charge in [0, 0.05) is 38.4 Å². The van der Waals surface area contributed by atoms with Crippen LogP contribution in [0.15, 0.2) is 224 Å². The van der Waals surface area contributed by atoms with Crippen LogP contribution in [0.3, 0.4) is 0 Å². The van der Waals surface area contributed by atoms with E-state index in [9.17, 15) is 0 Å². The van der Waals surface area contributed by atoms with Crippen molar-refractivity contribution in [2.75, 3.05) is 0 Å². The fourth-order valence-corrected chi connectivity index (χ4v) is 8.99. The Labute approximate surface area is 358 Å². The highest BCUT2D eigenvalue weighted by molar-refractivity contribution is 6.19. The second-order valence-corrected chi connectivity index (χ2v) is 15.7. The second kappa shape index (κ2) is 14.7. The van der Waals surface area contributed by atoms with Crippen LogP contribution in [0.4, 0.5) is 0 Å². The summed E-state index contributed by atoms with van der Waals surface area (Å²) >= 11 is 0. The van der Waals surface area contributed by atoms with Crippen molar-refractivity contribution in [3.63, 3.8) is 0 Å². The minimum Gasteiger partial charge on any atom is -0.309 e. The van der Waals surface area contributed by atoms with E-state index in [1.54, 1.807) is 0 Å². The SMILES string of the molecule is c1ccc(-c2ccc(-c3cccc(-n4c5ccccc5c5cc6c(cc54)c4cc(-c5ccccc5)ccc4n6-c4nc(-c5ccccc5)nc(-c5ccccc5)n4)c3)cc2)cc1. The van der Waals surface area contributed by atoms with Gasteiger partial charge in [-0.25, -0.2) is 4.98 Å². The number of benzene rings is 9. The van der Waals surface area contributed by atoms with Crippen molar-refractivity contribution in [3.05, 3.63) is 224 Å². The summed E-state index contributed by atoms with van der Waals surface area (Å²) in [5.41, 5.74) is 14.4. The lowest BCUT2D eigenvalue weighted by atomic mass is 10.00. The quantitative estimate of drug-likeness (QED) is 0.162. The first-order chi connectivity index (χ1) is 30.7. The van der Waals surface area contributed by atoms with Crippen LogP contribution in [0.5, 0.6) is 0 Å². The summed E-state index contributed by atoms with van der Waals surface area (Å²) in [6.07, 6.45) is 0. The van der Waals surface area contributed by atoms with Crippen LogP contribution in [0.25, 0.3) is 111 Å². The van der Waals surface area contributed by atoms with E-state index in [1.807, 2.05) is 36.4 Å². The lowest BCUT2D eigenvalue weighted by Gasteiger charge is -2.12. The lowest BCUT2D eigenvalue weighted by Crippen LogP contribution is -2.06. The highest BCUT2D eigenvalue weighted by Crippen LogP contribution is 2.41. The molecule has 0 bridgehead atoms. The molecule has 0 unspecified atom stereocenters. The Hall–Kier alpha value is -8.41. The predicted molar refractivity (Wildman–Crippen MR) is 256 cm³/mol. The van der Waals surface area contributed by atoms with Crippen LogP contribution in [0.2, 0.25) is 0 Å². The van der Waals surface area contributed by atoms with E-state index in [0.29, 0.717) is 17.6 Å². The Bertz CT molecular complexity index is 3540. The molecule has 0 saturated carbocycles. The highest BCUT2D eigenvalue weighted by atomic mass is 15.2. The van der Waals surface area contributed by atoms with E-state index in [4.69, 9.17) is 15.0 Å². The van der Waals surface area contributed by atoms with Crippen LogP contribution < -0.4 is 0 Å². The molecule has 12 rings (SSSR count). The molecule has 5 nitrogen and oxygen atoms in total. The Morgan fingerprint density at radius 2 is 0.661 bits per heavy atom. The molecule has 0 amide bonds. The van der Waals surface area contributed by atoms with E-state index in [1.165, 1.54) is 22.1 Å². The Morgan fingerprint density at radius 1 is 0.242 bits per heavy atom. The average molecular weight is 792 g/mol. The average Bonchev–Trinajstić information content (AvgIpc) is 3.85. The van der Waals surface area contributed by atoms with Gasteiger partial charge < -0.3 is 4.57 Å². The van der Waals surface area contributed by atoms with Gasteiger partial charge in [-0.05, 0) is 75.8 Å². The van der Waals surface area contributed by atoms with E-state index in [0.717, 1.165) is 71.7 Å². The molecule has 290 valence electrons. The molecule has 12 aromatic rings. The molecule has 0 aliphatic carbocycles. The number of para-hydroxylation sites is 1. The van der Waals surface area contributed by atoms with Crippen molar-refractivity contribution in [2.24, 2.45) is 0 Å². The van der Waals surface area contributed by atoms with Gasteiger partial charge in [0.15, 0.2) is 11.6 Å². The monoisotopic (exact) mass is 791 g/mol. The second-order valence-electron chi connectivity index (χ2n) is 15.7. The van der Waals surface area contributed by atoms with Crippen LogP contribution in [0.1, 0.15) is 0 Å². The van der Waals surface area contributed by atoms with Crippen molar-refractivity contribution < 1.29 is 0 Å². The van der Waals surface area contributed by atoms with Crippen LogP contribution in [0, 0.1) is 0 Å². The van der Waals surface area contributed by atoms with Crippen LogP contribution >= 0.6 is 0 Å². The predicted octanol–water partition coefficient (Wildman–Crippen LogP) is 14.4. The number of nitrogens with zero attached hydrogens (tertiary/aromatic N) is 5. The highest BCUT2D eigenvalue weighted by Gasteiger charge is 2.22. The summed E-state index contributed by atoms with van der Waals surface area (Å²) < 4.78 is 4.64. The minimum atomic E-state index is 0.569. The molecule has 0 atom stereocenters. The number of hydrogen-bond acceptors (Lipinski definition) is 3. The Balaban J connectivity index is 1.11. The summed E-state index contributed by atoms with van der Waals surface area (Å²) in [4.78, 5) is 15.5. The van der Waals surface area contributed by atoms with Gasteiger partial charge in [0.25, 0.3) is 0 Å². The molecule has 3 aromatic heterocycles. The fourth-order valence-electron chi connectivity index (χ4n) is 8.99. The molecular weight excluding hydrogens is 755 g/mol. The van der Waals surface area contributed by atoms with Crippen molar-refractivity contribution in [1.82, 2.24) is 24.1 Å². The van der Waals surface area contributed by atoms with Gasteiger partial charge in [-0.15, -0.1) is 0 Å². The topological polar surface area (TPSA) is 48.5 Å². The van der Waals surface area contributed by atoms with Gasteiger partial charge in [0.1, 0.15) is 0 Å². The van der Waals surface area contributed by atoms with E-state index in [2.05, 4.69) is 197 Å². The third-order valence-electron chi connectivity index (χ3n) is 12.0. The molecule has 0 saturated heterocycles. The molecule has 0 N–H and O–H groups in total. The maximum atomic E-state index is 5.24. The van der Waals surface area contributed by atoms with Crippen LogP contribution in [-0.2, 0) is 0 Å². The van der Waals surface area contributed by atoms with Crippen LogP contribution in [-0.4, -0.2) is 24.1 Å². The van der Waals surface area contributed by atoms with Gasteiger partial charge in [0.2, 0.25) is 5.95 Å². The van der Waals surface area contributed by atoms with Gasteiger partial charge in [0.05, 0.1) is 22.1 Å². The number of aromatic nitrogens is 5. The fraction of sp³-hybridized carbons (Fsp3) is 0. The van der Waals surface area contributed by atoms with E-state index in [-0.39, 0.29) is 0 Å². The van der Waals surface area contributed by atoms with E-state index < -0.39 is 0 Å². The molecule has 0 aliphatic heterocycles. The third kappa shape index (κ3) is 6.06. The normalized spacial score (nSPS) is 11.5. The smallest absolute Gasteiger partial charge is 0.238 e. The molecular formula is C57H37N5. The summed E-state index contributed by atoms with van der Waals surface area (Å²) in [5, 5.41) is 4.56. The molecule has 9 aromatic carbocycles. The van der Waals surface area contributed by atoms with E-state index >= 15 is 0 Å². The number of hydrogen-bond donors (Lipinski definition) is 0.